The normalized spacial score (nSPS) is 25.4. The van der Waals surface area contributed by atoms with Gasteiger partial charge in [0.2, 0.25) is 0 Å². The highest BCUT2D eigenvalue weighted by Crippen LogP contribution is 2.25. The van der Waals surface area contributed by atoms with Gasteiger partial charge < -0.3 is 5.11 Å². The van der Waals surface area contributed by atoms with Crippen LogP contribution >= 0.6 is 0 Å². The van der Waals surface area contributed by atoms with Gasteiger partial charge in [-0.3, -0.25) is 4.90 Å². The van der Waals surface area contributed by atoms with Gasteiger partial charge in [0.25, 0.3) is 0 Å². The summed E-state index contributed by atoms with van der Waals surface area (Å²) in [5, 5.41) is 9.41. The lowest BCUT2D eigenvalue weighted by atomic mass is 10.1. The Kier molecular flexibility index (Phi) is 3.97. The largest absolute Gasteiger partial charge is 0.389 e. The number of benzene rings is 1. The summed E-state index contributed by atoms with van der Waals surface area (Å²) in [5.41, 5.74) is 2.73. The predicted molar refractivity (Wildman–Crippen MR) is 70.7 cm³/mol. The van der Waals surface area contributed by atoms with Gasteiger partial charge in [-0.25, -0.2) is 0 Å². The lowest BCUT2D eigenvalue weighted by Crippen LogP contribution is -2.27. The van der Waals surface area contributed by atoms with Crippen LogP contribution < -0.4 is 0 Å². The molecule has 2 unspecified atom stereocenters. The van der Waals surface area contributed by atoms with E-state index in [0.717, 1.165) is 19.5 Å². The van der Waals surface area contributed by atoms with Gasteiger partial charge >= 0.3 is 0 Å². The van der Waals surface area contributed by atoms with E-state index in [1.54, 1.807) is 0 Å². The minimum absolute atomic E-state index is 0.330. The molecule has 2 nitrogen and oxygen atoms in total. The fourth-order valence-corrected chi connectivity index (χ4v) is 2.48. The summed E-state index contributed by atoms with van der Waals surface area (Å²) in [6.07, 6.45) is 2.75. The third kappa shape index (κ3) is 3.18. The van der Waals surface area contributed by atoms with E-state index in [9.17, 15) is 5.11 Å². The summed E-state index contributed by atoms with van der Waals surface area (Å²) in [5.74, 6) is 0. The van der Waals surface area contributed by atoms with Gasteiger partial charge in [-0.1, -0.05) is 42.0 Å². The number of hydrogen-bond acceptors (Lipinski definition) is 2. The van der Waals surface area contributed by atoms with Crippen molar-refractivity contribution in [2.75, 3.05) is 6.54 Å². The van der Waals surface area contributed by atoms with E-state index in [1.807, 2.05) is 13.0 Å². The van der Waals surface area contributed by atoms with Crippen LogP contribution in [0.15, 0.2) is 42.0 Å². The van der Waals surface area contributed by atoms with Crippen LogP contribution in [0.2, 0.25) is 0 Å². The second-order valence-electron chi connectivity index (χ2n) is 4.86. The van der Waals surface area contributed by atoms with Gasteiger partial charge in [0, 0.05) is 19.1 Å². The maximum Gasteiger partial charge on any atom is 0.0695 e. The molecule has 17 heavy (non-hydrogen) atoms. The third-order valence-corrected chi connectivity index (χ3v) is 3.46. The van der Waals surface area contributed by atoms with Crippen molar-refractivity contribution >= 4 is 0 Å². The first-order valence-corrected chi connectivity index (χ1v) is 6.33. The zero-order valence-electron chi connectivity index (χ0n) is 10.6. The van der Waals surface area contributed by atoms with Gasteiger partial charge in [0.1, 0.15) is 0 Å². The van der Waals surface area contributed by atoms with Crippen LogP contribution in [0.25, 0.3) is 0 Å². The van der Waals surface area contributed by atoms with E-state index >= 15 is 0 Å². The molecule has 1 aliphatic rings. The Morgan fingerprint density at radius 2 is 2.12 bits per heavy atom. The summed E-state index contributed by atoms with van der Waals surface area (Å²) < 4.78 is 0. The van der Waals surface area contributed by atoms with Gasteiger partial charge in [-0.15, -0.1) is 0 Å². The summed E-state index contributed by atoms with van der Waals surface area (Å²) in [6.45, 7) is 6.14. The molecule has 2 atom stereocenters. The van der Waals surface area contributed by atoms with E-state index in [-0.39, 0.29) is 6.10 Å². The SMILES string of the molecule is CC(O)/C=C1/CCN(Cc2ccccc2)C1C. The monoisotopic (exact) mass is 231 g/mol. The Morgan fingerprint density at radius 1 is 1.41 bits per heavy atom. The summed E-state index contributed by atoms with van der Waals surface area (Å²) >= 11 is 0. The van der Waals surface area contributed by atoms with E-state index < -0.39 is 0 Å². The van der Waals surface area contributed by atoms with Gasteiger partial charge in [-0.2, -0.15) is 0 Å². The first-order chi connectivity index (χ1) is 8.16. The molecule has 0 bridgehead atoms. The highest BCUT2D eigenvalue weighted by atomic mass is 16.3. The second kappa shape index (κ2) is 5.48. The molecule has 1 saturated heterocycles. The maximum absolute atomic E-state index is 9.41. The molecule has 0 amide bonds. The summed E-state index contributed by atoms with van der Waals surface area (Å²) in [4.78, 5) is 2.46. The first kappa shape index (κ1) is 12.3. The number of aliphatic hydroxyl groups is 1. The maximum atomic E-state index is 9.41. The van der Waals surface area contributed by atoms with Gasteiger partial charge in [-0.05, 0) is 25.8 Å². The molecule has 1 aliphatic heterocycles. The number of aliphatic hydroxyl groups excluding tert-OH is 1. The van der Waals surface area contributed by atoms with E-state index in [4.69, 9.17) is 0 Å². The average Bonchev–Trinajstić information content (AvgIpc) is 2.62. The minimum atomic E-state index is -0.330. The van der Waals surface area contributed by atoms with E-state index in [0.29, 0.717) is 6.04 Å². The number of rotatable bonds is 3. The predicted octanol–water partition coefficient (Wildman–Crippen LogP) is 2.59. The lowest BCUT2D eigenvalue weighted by molar-refractivity contribution is 0.240. The quantitative estimate of drug-likeness (QED) is 0.808. The van der Waals surface area contributed by atoms with Crippen LogP contribution in [-0.2, 0) is 6.54 Å². The standard InChI is InChI=1S/C15H21NO/c1-12(17)10-15-8-9-16(13(15)2)11-14-6-4-3-5-7-14/h3-7,10,12-13,17H,8-9,11H2,1-2H3/b15-10-. The molecular formula is C15H21NO. The van der Waals surface area contributed by atoms with Crippen LogP contribution in [0.5, 0.6) is 0 Å². The van der Waals surface area contributed by atoms with Crippen molar-refractivity contribution < 1.29 is 5.11 Å². The zero-order valence-corrected chi connectivity index (χ0v) is 10.6. The molecule has 0 radical (unpaired) electrons. The molecule has 1 aromatic carbocycles. The molecule has 92 valence electrons. The van der Waals surface area contributed by atoms with Crippen LogP contribution in [0.4, 0.5) is 0 Å². The number of likely N-dealkylation sites (tertiary alicyclic amines) is 1. The molecule has 0 aromatic heterocycles. The summed E-state index contributed by atoms with van der Waals surface area (Å²) in [7, 11) is 0. The van der Waals surface area contributed by atoms with Gasteiger partial charge in [0.05, 0.1) is 6.10 Å². The van der Waals surface area contributed by atoms with Crippen molar-refractivity contribution in [3.05, 3.63) is 47.5 Å². The molecule has 0 saturated carbocycles. The highest BCUT2D eigenvalue weighted by molar-refractivity contribution is 5.20. The molecule has 1 aromatic rings. The Labute approximate surface area is 104 Å². The Hall–Kier alpha value is -1.12. The smallest absolute Gasteiger partial charge is 0.0695 e. The molecular weight excluding hydrogens is 210 g/mol. The minimum Gasteiger partial charge on any atom is -0.389 e. The second-order valence-corrected chi connectivity index (χ2v) is 4.86. The van der Waals surface area contributed by atoms with E-state index in [2.05, 4.69) is 42.2 Å². The molecule has 2 rings (SSSR count). The number of nitrogens with zero attached hydrogens (tertiary/aromatic N) is 1. The van der Waals surface area contributed by atoms with Crippen molar-refractivity contribution in [1.82, 2.24) is 4.90 Å². The van der Waals surface area contributed by atoms with Crippen LogP contribution in [0.3, 0.4) is 0 Å². The van der Waals surface area contributed by atoms with Crippen molar-refractivity contribution in [2.24, 2.45) is 0 Å². The fraction of sp³-hybridized carbons (Fsp3) is 0.467. The van der Waals surface area contributed by atoms with Crippen molar-refractivity contribution in [1.29, 1.82) is 0 Å². The van der Waals surface area contributed by atoms with Crippen molar-refractivity contribution in [3.63, 3.8) is 0 Å². The van der Waals surface area contributed by atoms with Crippen LogP contribution in [0, 0.1) is 0 Å². The Morgan fingerprint density at radius 3 is 2.76 bits per heavy atom. The average molecular weight is 231 g/mol. The molecule has 1 fully saturated rings. The van der Waals surface area contributed by atoms with Crippen LogP contribution in [0.1, 0.15) is 25.8 Å². The molecule has 1 heterocycles. The van der Waals surface area contributed by atoms with Gasteiger partial charge in [0.15, 0.2) is 0 Å². The highest BCUT2D eigenvalue weighted by Gasteiger charge is 2.25. The molecule has 0 spiro atoms. The lowest BCUT2D eigenvalue weighted by Gasteiger charge is -2.21. The Bertz CT molecular complexity index is 383. The first-order valence-electron chi connectivity index (χ1n) is 6.33. The topological polar surface area (TPSA) is 23.5 Å². The third-order valence-electron chi connectivity index (χ3n) is 3.46. The Balaban J connectivity index is 2.01. The van der Waals surface area contributed by atoms with Crippen LogP contribution in [-0.4, -0.2) is 28.7 Å². The van der Waals surface area contributed by atoms with Crippen molar-refractivity contribution in [3.8, 4) is 0 Å². The molecule has 0 aliphatic carbocycles. The van der Waals surface area contributed by atoms with E-state index in [1.165, 1.54) is 11.1 Å². The van der Waals surface area contributed by atoms with Crippen molar-refractivity contribution in [2.45, 2.75) is 39.0 Å². The molecule has 1 N–H and O–H groups in total. The number of hydrogen-bond donors (Lipinski definition) is 1. The molecule has 2 heteroatoms. The zero-order chi connectivity index (χ0) is 12.3. The fourth-order valence-electron chi connectivity index (χ4n) is 2.48. The summed E-state index contributed by atoms with van der Waals surface area (Å²) in [6, 6.07) is 11.0.